The molecule has 0 spiro atoms. The molecule has 2 unspecified atom stereocenters. The highest BCUT2D eigenvalue weighted by atomic mass is 14.2. The van der Waals surface area contributed by atoms with Crippen LogP contribution in [0.15, 0.2) is 36.4 Å². The van der Waals surface area contributed by atoms with E-state index in [2.05, 4.69) is 77.9 Å². The lowest BCUT2D eigenvalue weighted by Gasteiger charge is -2.24. The lowest BCUT2D eigenvalue weighted by atomic mass is 9.81. The number of hydrogen-bond acceptors (Lipinski definition) is 0. The molecule has 2 rings (SSSR count). The Labute approximate surface area is 162 Å². The predicted molar refractivity (Wildman–Crippen MR) is 116 cm³/mol. The average Bonchev–Trinajstić information content (AvgIpc) is 2.55. The maximum atomic E-state index is 2.41. The summed E-state index contributed by atoms with van der Waals surface area (Å²) in [5, 5.41) is 0. The molecule has 0 saturated heterocycles. The summed E-state index contributed by atoms with van der Waals surface area (Å²) in [4.78, 5) is 0. The molecular weight excluding hydrogens is 312 g/mol. The largest absolute Gasteiger partial charge is 0.0654 e. The summed E-state index contributed by atoms with van der Waals surface area (Å²) >= 11 is 0. The van der Waals surface area contributed by atoms with Gasteiger partial charge >= 0.3 is 0 Å². The van der Waals surface area contributed by atoms with Crippen LogP contribution in [-0.2, 0) is 6.42 Å². The fourth-order valence-electron chi connectivity index (χ4n) is 4.50. The summed E-state index contributed by atoms with van der Waals surface area (Å²) in [7, 11) is 0. The van der Waals surface area contributed by atoms with Crippen molar-refractivity contribution in [3.63, 3.8) is 0 Å². The van der Waals surface area contributed by atoms with Crippen LogP contribution >= 0.6 is 0 Å². The summed E-state index contributed by atoms with van der Waals surface area (Å²) in [6, 6.07) is 14.2. The van der Waals surface area contributed by atoms with E-state index in [0.717, 1.165) is 5.92 Å². The van der Waals surface area contributed by atoms with E-state index < -0.39 is 0 Å². The van der Waals surface area contributed by atoms with Crippen molar-refractivity contribution in [2.75, 3.05) is 0 Å². The molecular formula is C26H38. The molecule has 0 heteroatoms. The lowest BCUT2D eigenvalue weighted by Crippen LogP contribution is -2.11. The van der Waals surface area contributed by atoms with Gasteiger partial charge in [-0.25, -0.2) is 0 Å². The van der Waals surface area contributed by atoms with Crippen molar-refractivity contribution < 1.29 is 0 Å². The zero-order valence-corrected chi connectivity index (χ0v) is 17.9. The molecule has 26 heavy (non-hydrogen) atoms. The molecule has 2 aromatic rings. The van der Waals surface area contributed by atoms with E-state index in [1.165, 1.54) is 66.3 Å². The van der Waals surface area contributed by atoms with Crippen LogP contribution in [0.25, 0.3) is 0 Å². The van der Waals surface area contributed by atoms with Crippen LogP contribution in [0.4, 0.5) is 0 Å². The van der Waals surface area contributed by atoms with Gasteiger partial charge in [0.25, 0.3) is 0 Å². The van der Waals surface area contributed by atoms with Gasteiger partial charge in [-0.05, 0) is 69.9 Å². The third-order valence-corrected chi connectivity index (χ3v) is 5.60. The Morgan fingerprint density at radius 1 is 0.731 bits per heavy atom. The molecule has 0 nitrogen and oxygen atoms in total. The van der Waals surface area contributed by atoms with Crippen molar-refractivity contribution in [2.45, 2.75) is 86.0 Å². The first-order valence-corrected chi connectivity index (χ1v) is 10.6. The van der Waals surface area contributed by atoms with Gasteiger partial charge in [0.15, 0.2) is 0 Å². The molecule has 0 heterocycles. The molecule has 2 aromatic carbocycles. The standard InChI is InChI=1S/C26H38/c1-7-9-10-23(17-24-13-19(3)11-20(4)14-24)18-25(8-2)26-15-21(5)12-22(6)16-26/h11-16,23,25H,7-10,17-18H2,1-6H3. The summed E-state index contributed by atoms with van der Waals surface area (Å²) in [5.74, 6) is 1.46. The second-order valence-corrected chi connectivity index (χ2v) is 8.47. The van der Waals surface area contributed by atoms with E-state index >= 15 is 0 Å². The Morgan fingerprint density at radius 2 is 1.27 bits per heavy atom. The van der Waals surface area contributed by atoms with E-state index in [-0.39, 0.29) is 0 Å². The van der Waals surface area contributed by atoms with Crippen molar-refractivity contribution in [1.82, 2.24) is 0 Å². The molecule has 0 aliphatic rings. The van der Waals surface area contributed by atoms with E-state index in [1.54, 1.807) is 5.56 Å². The Kier molecular flexibility index (Phi) is 7.94. The van der Waals surface area contributed by atoms with E-state index in [4.69, 9.17) is 0 Å². The molecule has 0 aliphatic carbocycles. The van der Waals surface area contributed by atoms with Gasteiger partial charge in [-0.1, -0.05) is 91.8 Å². The Bertz CT molecular complexity index is 655. The van der Waals surface area contributed by atoms with Gasteiger partial charge in [-0.15, -0.1) is 0 Å². The molecule has 0 amide bonds. The molecule has 0 saturated carbocycles. The van der Waals surface area contributed by atoms with Crippen molar-refractivity contribution in [3.8, 4) is 0 Å². The first-order chi connectivity index (χ1) is 12.4. The highest BCUT2D eigenvalue weighted by Crippen LogP contribution is 2.32. The van der Waals surface area contributed by atoms with E-state index in [1.807, 2.05) is 0 Å². The van der Waals surface area contributed by atoms with Crippen LogP contribution in [0.5, 0.6) is 0 Å². The Balaban J connectivity index is 2.18. The molecule has 0 bridgehead atoms. The van der Waals surface area contributed by atoms with Gasteiger partial charge in [0.2, 0.25) is 0 Å². The molecule has 0 fully saturated rings. The van der Waals surface area contributed by atoms with Crippen molar-refractivity contribution in [2.24, 2.45) is 5.92 Å². The van der Waals surface area contributed by atoms with Gasteiger partial charge in [0.1, 0.15) is 0 Å². The molecule has 0 aromatic heterocycles. The summed E-state index contributed by atoms with van der Waals surface area (Å²) in [5.41, 5.74) is 8.67. The number of rotatable bonds is 9. The van der Waals surface area contributed by atoms with Crippen molar-refractivity contribution in [3.05, 3.63) is 69.8 Å². The van der Waals surface area contributed by atoms with Crippen LogP contribution in [0.3, 0.4) is 0 Å². The van der Waals surface area contributed by atoms with Crippen molar-refractivity contribution in [1.29, 1.82) is 0 Å². The highest BCUT2D eigenvalue weighted by Gasteiger charge is 2.18. The predicted octanol–water partition coefficient (Wildman–Crippen LogP) is 7.85. The number of unbranched alkanes of at least 4 members (excludes halogenated alkanes) is 1. The fraction of sp³-hybridized carbons (Fsp3) is 0.538. The van der Waals surface area contributed by atoms with Crippen LogP contribution in [0, 0.1) is 33.6 Å². The fourth-order valence-corrected chi connectivity index (χ4v) is 4.50. The smallest absolute Gasteiger partial charge is 0.0162 e. The maximum absolute atomic E-state index is 2.41. The average molecular weight is 351 g/mol. The highest BCUT2D eigenvalue weighted by molar-refractivity contribution is 5.31. The minimum atomic E-state index is 0.682. The number of aryl methyl sites for hydroxylation is 4. The lowest BCUT2D eigenvalue weighted by molar-refractivity contribution is 0.388. The van der Waals surface area contributed by atoms with Crippen molar-refractivity contribution >= 4 is 0 Å². The maximum Gasteiger partial charge on any atom is -0.0162 e. The summed E-state index contributed by atoms with van der Waals surface area (Å²) < 4.78 is 0. The Hall–Kier alpha value is -1.56. The minimum absolute atomic E-state index is 0.682. The van der Waals surface area contributed by atoms with Gasteiger partial charge in [-0.2, -0.15) is 0 Å². The zero-order chi connectivity index (χ0) is 19.1. The van der Waals surface area contributed by atoms with E-state index in [0.29, 0.717) is 5.92 Å². The normalized spacial score (nSPS) is 13.6. The monoisotopic (exact) mass is 350 g/mol. The minimum Gasteiger partial charge on any atom is -0.0654 e. The topological polar surface area (TPSA) is 0 Å². The van der Waals surface area contributed by atoms with Gasteiger partial charge in [0, 0.05) is 0 Å². The van der Waals surface area contributed by atoms with Gasteiger partial charge < -0.3 is 0 Å². The molecule has 0 N–H and O–H groups in total. The third kappa shape index (κ3) is 6.31. The first-order valence-electron chi connectivity index (χ1n) is 10.6. The molecule has 2 atom stereocenters. The summed E-state index contributed by atoms with van der Waals surface area (Å²) in [6.07, 6.45) is 7.77. The SMILES string of the molecule is CCCCC(Cc1cc(C)cc(C)c1)CC(CC)c1cc(C)cc(C)c1. The first kappa shape index (κ1) is 20.7. The third-order valence-electron chi connectivity index (χ3n) is 5.60. The molecule has 142 valence electrons. The second kappa shape index (κ2) is 9.95. The Morgan fingerprint density at radius 3 is 1.77 bits per heavy atom. The second-order valence-electron chi connectivity index (χ2n) is 8.47. The van der Waals surface area contributed by atoms with Crippen LogP contribution in [0.2, 0.25) is 0 Å². The number of benzene rings is 2. The van der Waals surface area contributed by atoms with E-state index in [9.17, 15) is 0 Å². The van der Waals surface area contributed by atoms with Gasteiger partial charge in [-0.3, -0.25) is 0 Å². The van der Waals surface area contributed by atoms with Crippen LogP contribution in [-0.4, -0.2) is 0 Å². The van der Waals surface area contributed by atoms with Crippen LogP contribution in [0.1, 0.15) is 85.3 Å². The van der Waals surface area contributed by atoms with Crippen LogP contribution < -0.4 is 0 Å². The quantitative estimate of drug-likeness (QED) is 0.432. The molecule has 0 radical (unpaired) electrons. The zero-order valence-electron chi connectivity index (χ0n) is 17.9. The van der Waals surface area contributed by atoms with Gasteiger partial charge in [0.05, 0.1) is 0 Å². The number of hydrogen-bond donors (Lipinski definition) is 0. The summed E-state index contributed by atoms with van der Waals surface area (Å²) in [6.45, 7) is 13.6. The molecule has 0 aliphatic heterocycles.